The number of hydrogen-bond donors (Lipinski definition) is 2. The van der Waals surface area contributed by atoms with Gasteiger partial charge < -0.3 is 15.6 Å². The molecule has 3 nitrogen and oxygen atoms in total. The highest BCUT2D eigenvalue weighted by Crippen LogP contribution is 2.33. The molecule has 0 aromatic heterocycles. The second-order valence-corrected chi connectivity index (χ2v) is 4.82. The van der Waals surface area contributed by atoms with Gasteiger partial charge in [0.15, 0.2) is 0 Å². The average Bonchev–Trinajstić information content (AvgIpc) is 2.47. The lowest BCUT2D eigenvalue weighted by molar-refractivity contribution is -0.137. The first kappa shape index (κ1) is 16.3. The Morgan fingerprint density at radius 1 is 1.05 bits per heavy atom. The van der Waals surface area contributed by atoms with Crippen LogP contribution in [0.1, 0.15) is 23.6 Å². The molecule has 0 heterocycles. The maximum absolute atomic E-state index is 12.7. The minimum atomic E-state index is -4.41. The Morgan fingerprint density at radius 2 is 1.68 bits per heavy atom. The predicted molar refractivity (Wildman–Crippen MR) is 76.6 cm³/mol. The molecule has 0 radical (unpaired) electrons. The van der Waals surface area contributed by atoms with Crippen molar-refractivity contribution in [3.8, 4) is 11.5 Å². The molecule has 118 valence electrons. The van der Waals surface area contributed by atoms with Gasteiger partial charge in [-0.15, -0.1) is 0 Å². The van der Waals surface area contributed by atoms with E-state index < -0.39 is 11.7 Å². The number of halogens is 3. The zero-order valence-electron chi connectivity index (χ0n) is 11.7. The molecule has 22 heavy (non-hydrogen) atoms. The largest absolute Gasteiger partial charge is 0.457 e. The van der Waals surface area contributed by atoms with Crippen LogP contribution < -0.4 is 10.5 Å². The standard InChI is InChI=1S/C16H16F3NO2/c17-16(18,19)12-4-2-6-14(10-12)22-13-5-1-3-11(9-13)15(20)7-8-21/h1-6,9-10,15,21H,7-8,20H2/t15-/m0/s1. The van der Waals surface area contributed by atoms with Gasteiger partial charge in [-0.25, -0.2) is 0 Å². The molecule has 2 aromatic rings. The summed E-state index contributed by atoms with van der Waals surface area (Å²) in [4.78, 5) is 0. The Kier molecular flexibility index (Phi) is 5.05. The highest BCUT2D eigenvalue weighted by Gasteiger charge is 2.30. The molecule has 0 spiro atoms. The van der Waals surface area contributed by atoms with Crippen molar-refractivity contribution in [2.45, 2.75) is 18.6 Å². The summed E-state index contributed by atoms with van der Waals surface area (Å²) in [7, 11) is 0. The van der Waals surface area contributed by atoms with E-state index in [-0.39, 0.29) is 18.4 Å². The van der Waals surface area contributed by atoms with Gasteiger partial charge in [0.2, 0.25) is 0 Å². The number of rotatable bonds is 5. The quantitative estimate of drug-likeness (QED) is 0.881. The van der Waals surface area contributed by atoms with Gasteiger partial charge in [-0.2, -0.15) is 13.2 Å². The smallest absolute Gasteiger partial charge is 0.416 e. The van der Waals surface area contributed by atoms with E-state index in [2.05, 4.69) is 0 Å². The molecule has 0 aliphatic rings. The van der Waals surface area contributed by atoms with Crippen LogP contribution in [0.5, 0.6) is 11.5 Å². The molecule has 2 aromatic carbocycles. The Hall–Kier alpha value is -2.05. The number of aliphatic hydroxyl groups excluding tert-OH is 1. The number of aliphatic hydroxyl groups is 1. The van der Waals surface area contributed by atoms with E-state index in [9.17, 15) is 13.2 Å². The highest BCUT2D eigenvalue weighted by molar-refractivity contribution is 5.37. The SMILES string of the molecule is N[C@@H](CCO)c1cccc(Oc2cccc(C(F)(F)F)c2)c1. The van der Waals surface area contributed by atoms with E-state index in [1.165, 1.54) is 12.1 Å². The molecule has 0 aliphatic carbocycles. The summed E-state index contributed by atoms with van der Waals surface area (Å²) in [5.41, 5.74) is 5.87. The summed E-state index contributed by atoms with van der Waals surface area (Å²) in [5.74, 6) is 0.493. The van der Waals surface area contributed by atoms with Crippen molar-refractivity contribution < 1.29 is 23.0 Å². The van der Waals surface area contributed by atoms with Crippen molar-refractivity contribution in [2.75, 3.05) is 6.61 Å². The summed E-state index contributed by atoms with van der Waals surface area (Å²) < 4.78 is 43.5. The molecule has 0 saturated carbocycles. The normalized spacial score (nSPS) is 13.0. The third kappa shape index (κ3) is 4.22. The molecule has 6 heteroatoms. The number of ether oxygens (including phenoxy) is 1. The zero-order valence-corrected chi connectivity index (χ0v) is 11.7. The van der Waals surface area contributed by atoms with Crippen molar-refractivity contribution in [3.63, 3.8) is 0 Å². The van der Waals surface area contributed by atoms with Gasteiger partial charge in [0, 0.05) is 12.6 Å². The summed E-state index contributed by atoms with van der Waals surface area (Å²) in [6, 6.07) is 11.1. The molecule has 0 saturated heterocycles. The van der Waals surface area contributed by atoms with Crippen molar-refractivity contribution in [1.82, 2.24) is 0 Å². The lowest BCUT2D eigenvalue weighted by Crippen LogP contribution is -2.11. The zero-order chi connectivity index (χ0) is 16.2. The Morgan fingerprint density at radius 3 is 2.32 bits per heavy atom. The van der Waals surface area contributed by atoms with E-state index in [0.29, 0.717) is 12.2 Å². The molecule has 0 unspecified atom stereocenters. The molecule has 0 fully saturated rings. The number of benzene rings is 2. The van der Waals surface area contributed by atoms with E-state index in [4.69, 9.17) is 15.6 Å². The second kappa shape index (κ2) is 6.81. The minimum absolute atomic E-state index is 0.0418. The van der Waals surface area contributed by atoms with Gasteiger partial charge in [0.05, 0.1) is 5.56 Å². The van der Waals surface area contributed by atoms with Gasteiger partial charge in [-0.3, -0.25) is 0 Å². The number of nitrogens with two attached hydrogens (primary N) is 1. The van der Waals surface area contributed by atoms with Crippen LogP contribution in [-0.4, -0.2) is 11.7 Å². The first-order valence-corrected chi connectivity index (χ1v) is 6.71. The van der Waals surface area contributed by atoms with Crippen molar-refractivity contribution in [2.24, 2.45) is 5.73 Å². The van der Waals surface area contributed by atoms with E-state index >= 15 is 0 Å². The van der Waals surface area contributed by atoms with Crippen LogP contribution in [0.25, 0.3) is 0 Å². The number of alkyl halides is 3. The van der Waals surface area contributed by atoms with Crippen LogP contribution in [0.2, 0.25) is 0 Å². The van der Waals surface area contributed by atoms with E-state index in [0.717, 1.165) is 17.7 Å². The molecular weight excluding hydrogens is 295 g/mol. The predicted octanol–water partition coefficient (Wildman–Crippen LogP) is 3.88. The van der Waals surface area contributed by atoms with Crippen molar-refractivity contribution in [1.29, 1.82) is 0 Å². The molecule has 2 rings (SSSR count). The van der Waals surface area contributed by atoms with Crippen LogP contribution in [0.3, 0.4) is 0 Å². The molecule has 0 bridgehead atoms. The summed E-state index contributed by atoms with van der Waals surface area (Å²) in [5, 5.41) is 8.89. The lowest BCUT2D eigenvalue weighted by Gasteiger charge is -2.13. The Bertz CT molecular complexity index is 629. The Labute approximate surface area is 126 Å². The fourth-order valence-electron chi connectivity index (χ4n) is 1.99. The van der Waals surface area contributed by atoms with E-state index in [1.54, 1.807) is 24.3 Å². The molecular formula is C16H16F3NO2. The van der Waals surface area contributed by atoms with Gasteiger partial charge in [0.25, 0.3) is 0 Å². The molecule has 1 atom stereocenters. The van der Waals surface area contributed by atoms with Gasteiger partial charge in [-0.1, -0.05) is 18.2 Å². The number of hydrogen-bond acceptors (Lipinski definition) is 3. The topological polar surface area (TPSA) is 55.5 Å². The summed E-state index contributed by atoms with van der Waals surface area (Å²) >= 11 is 0. The molecule has 3 N–H and O–H groups in total. The van der Waals surface area contributed by atoms with Gasteiger partial charge in [0.1, 0.15) is 11.5 Å². The van der Waals surface area contributed by atoms with Crippen LogP contribution in [0, 0.1) is 0 Å². The van der Waals surface area contributed by atoms with Crippen LogP contribution >= 0.6 is 0 Å². The average molecular weight is 311 g/mol. The monoisotopic (exact) mass is 311 g/mol. The minimum Gasteiger partial charge on any atom is -0.457 e. The maximum Gasteiger partial charge on any atom is 0.416 e. The highest BCUT2D eigenvalue weighted by atomic mass is 19.4. The first-order chi connectivity index (χ1) is 10.4. The summed E-state index contributed by atoms with van der Waals surface area (Å²) in [6.45, 7) is -0.0418. The Balaban J connectivity index is 2.19. The molecule has 0 amide bonds. The van der Waals surface area contributed by atoms with E-state index in [1.807, 2.05) is 0 Å². The second-order valence-electron chi connectivity index (χ2n) is 4.82. The van der Waals surface area contributed by atoms with Crippen LogP contribution in [-0.2, 0) is 6.18 Å². The van der Waals surface area contributed by atoms with Crippen molar-refractivity contribution in [3.05, 3.63) is 59.7 Å². The van der Waals surface area contributed by atoms with Gasteiger partial charge in [-0.05, 0) is 42.3 Å². The lowest BCUT2D eigenvalue weighted by atomic mass is 10.1. The van der Waals surface area contributed by atoms with Crippen LogP contribution in [0.15, 0.2) is 48.5 Å². The molecule has 0 aliphatic heterocycles. The third-order valence-corrected chi connectivity index (χ3v) is 3.12. The van der Waals surface area contributed by atoms with Gasteiger partial charge >= 0.3 is 6.18 Å². The fourth-order valence-corrected chi connectivity index (χ4v) is 1.99. The third-order valence-electron chi connectivity index (χ3n) is 3.12. The summed E-state index contributed by atoms with van der Waals surface area (Å²) in [6.07, 6.45) is -4.02. The maximum atomic E-state index is 12.7. The van der Waals surface area contributed by atoms with Crippen molar-refractivity contribution >= 4 is 0 Å². The first-order valence-electron chi connectivity index (χ1n) is 6.71. The van der Waals surface area contributed by atoms with Crippen LogP contribution in [0.4, 0.5) is 13.2 Å². The fraction of sp³-hybridized carbons (Fsp3) is 0.250.